The van der Waals surface area contributed by atoms with Crippen LogP contribution in [0, 0.1) is 0 Å². The highest BCUT2D eigenvalue weighted by atomic mass is 15.1. The smallest absolute Gasteiger partial charge is 0.0399 e. The number of hydrogen-bond donors (Lipinski definition) is 0. The molecule has 1 aliphatic heterocycles. The van der Waals surface area contributed by atoms with Crippen LogP contribution in [0.5, 0.6) is 0 Å². The molecule has 1 aromatic carbocycles. The Kier molecular flexibility index (Phi) is 2.78. The second kappa shape index (κ2) is 4.58. The van der Waals surface area contributed by atoms with Gasteiger partial charge in [-0.1, -0.05) is 18.2 Å². The lowest BCUT2D eigenvalue weighted by molar-refractivity contribution is 0.812. The van der Waals surface area contributed by atoms with Crippen LogP contribution in [-0.2, 0) is 12.8 Å². The van der Waals surface area contributed by atoms with Gasteiger partial charge in [0.05, 0.1) is 0 Å². The number of anilines is 1. The maximum absolute atomic E-state index is 4.05. The van der Waals surface area contributed by atoms with E-state index in [-0.39, 0.29) is 0 Å². The summed E-state index contributed by atoms with van der Waals surface area (Å²) in [5.74, 6) is 0. The predicted molar refractivity (Wildman–Crippen MR) is 70.3 cm³/mol. The third kappa shape index (κ3) is 2.16. The van der Waals surface area contributed by atoms with Crippen LogP contribution in [0.3, 0.4) is 0 Å². The summed E-state index contributed by atoms with van der Waals surface area (Å²) in [5, 5.41) is 0. The molecule has 0 saturated heterocycles. The van der Waals surface area contributed by atoms with Gasteiger partial charge in [0.1, 0.15) is 0 Å². The van der Waals surface area contributed by atoms with Crippen molar-refractivity contribution in [3.63, 3.8) is 0 Å². The molecule has 0 unspecified atom stereocenters. The lowest BCUT2D eigenvalue weighted by Crippen LogP contribution is -2.23. The fourth-order valence-corrected chi connectivity index (χ4v) is 2.45. The SMILES string of the molecule is c1ccc2c(c1)CCN2CCc1ccncc1. The molecule has 2 nitrogen and oxygen atoms in total. The first-order valence-corrected chi connectivity index (χ1v) is 6.15. The Bertz CT molecular complexity index is 493. The molecule has 86 valence electrons. The Morgan fingerprint density at radius 3 is 2.76 bits per heavy atom. The molecule has 0 radical (unpaired) electrons. The first-order chi connectivity index (χ1) is 8.43. The Balaban J connectivity index is 1.68. The van der Waals surface area contributed by atoms with Gasteiger partial charge in [0.25, 0.3) is 0 Å². The fraction of sp³-hybridized carbons (Fsp3) is 0.267. The fourth-order valence-electron chi connectivity index (χ4n) is 2.45. The molecule has 1 aromatic heterocycles. The van der Waals surface area contributed by atoms with Crippen molar-refractivity contribution in [3.05, 3.63) is 59.9 Å². The van der Waals surface area contributed by atoms with E-state index >= 15 is 0 Å². The molecule has 0 aliphatic carbocycles. The monoisotopic (exact) mass is 224 g/mol. The quantitative estimate of drug-likeness (QED) is 0.797. The summed E-state index contributed by atoms with van der Waals surface area (Å²) in [6.45, 7) is 2.26. The van der Waals surface area contributed by atoms with E-state index in [0.29, 0.717) is 0 Å². The molecular weight excluding hydrogens is 208 g/mol. The number of fused-ring (bicyclic) bond motifs is 1. The van der Waals surface area contributed by atoms with Gasteiger partial charge in [-0.15, -0.1) is 0 Å². The summed E-state index contributed by atoms with van der Waals surface area (Å²) in [4.78, 5) is 6.53. The number of benzene rings is 1. The molecule has 2 heterocycles. The molecule has 0 amide bonds. The zero-order valence-corrected chi connectivity index (χ0v) is 9.84. The molecule has 2 aromatic rings. The van der Waals surface area contributed by atoms with Crippen LogP contribution in [0.2, 0.25) is 0 Å². The van der Waals surface area contributed by atoms with Crippen LogP contribution in [0.15, 0.2) is 48.8 Å². The molecule has 0 bridgehead atoms. The topological polar surface area (TPSA) is 16.1 Å². The molecule has 3 rings (SSSR count). The Morgan fingerprint density at radius 1 is 1.06 bits per heavy atom. The predicted octanol–water partition coefficient (Wildman–Crippen LogP) is 2.69. The van der Waals surface area contributed by atoms with Crippen molar-refractivity contribution in [1.82, 2.24) is 4.98 Å². The van der Waals surface area contributed by atoms with E-state index in [1.165, 1.54) is 23.2 Å². The third-order valence-corrected chi connectivity index (χ3v) is 3.40. The first-order valence-electron chi connectivity index (χ1n) is 6.15. The number of pyridine rings is 1. The van der Waals surface area contributed by atoms with Gasteiger partial charge in [0.15, 0.2) is 0 Å². The second-order valence-electron chi connectivity index (χ2n) is 4.47. The largest absolute Gasteiger partial charge is 0.371 e. The minimum absolute atomic E-state index is 1.09. The van der Waals surface area contributed by atoms with Crippen LogP contribution in [0.25, 0.3) is 0 Å². The van der Waals surface area contributed by atoms with Crippen LogP contribution >= 0.6 is 0 Å². The summed E-state index contributed by atoms with van der Waals surface area (Å²) in [6.07, 6.45) is 6.02. The van der Waals surface area contributed by atoms with Gasteiger partial charge < -0.3 is 4.90 Å². The number of rotatable bonds is 3. The molecule has 1 aliphatic rings. The highest BCUT2D eigenvalue weighted by molar-refractivity contribution is 5.57. The van der Waals surface area contributed by atoms with Crippen LogP contribution in [0.4, 0.5) is 5.69 Å². The van der Waals surface area contributed by atoms with Gasteiger partial charge in [0, 0.05) is 31.2 Å². The summed E-state index contributed by atoms with van der Waals surface area (Å²) >= 11 is 0. The van der Waals surface area contributed by atoms with Gasteiger partial charge in [0.2, 0.25) is 0 Å². The summed E-state index contributed by atoms with van der Waals surface area (Å²) in [5.41, 5.74) is 4.27. The minimum Gasteiger partial charge on any atom is -0.371 e. The van der Waals surface area contributed by atoms with E-state index in [1.807, 2.05) is 12.4 Å². The van der Waals surface area contributed by atoms with E-state index in [1.54, 1.807) is 0 Å². The van der Waals surface area contributed by atoms with Crippen LogP contribution < -0.4 is 4.90 Å². The Hall–Kier alpha value is -1.83. The summed E-state index contributed by atoms with van der Waals surface area (Å²) in [7, 11) is 0. The standard InChI is InChI=1S/C15H16N2/c1-2-4-15-14(3-1)8-12-17(15)11-7-13-5-9-16-10-6-13/h1-6,9-10H,7-8,11-12H2. The van der Waals surface area contributed by atoms with Crippen molar-refractivity contribution in [2.75, 3.05) is 18.0 Å². The first kappa shape index (κ1) is 10.3. The van der Waals surface area contributed by atoms with Gasteiger partial charge in [-0.05, 0) is 42.2 Å². The molecular formula is C15H16N2. The number of nitrogens with zero attached hydrogens (tertiary/aromatic N) is 2. The van der Waals surface area contributed by atoms with Crippen molar-refractivity contribution >= 4 is 5.69 Å². The summed E-state index contributed by atoms with van der Waals surface area (Å²) < 4.78 is 0. The highest BCUT2D eigenvalue weighted by Gasteiger charge is 2.17. The van der Waals surface area contributed by atoms with Crippen molar-refractivity contribution in [2.45, 2.75) is 12.8 Å². The zero-order valence-electron chi connectivity index (χ0n) is 9.84. The van der Waals surface area contributed by atoms with Crippen molar-refractivity contribution in [1.29, 1.82) is 0 Å². The van der Waals surface area contributed by atoms with Gasteiger partial charge in [-0.2, -0.15) is 0 Å². The maximum Gasteiger partial charge on any atom is 0.0399 e. The maximum atomic E-state index is 4.05. The average Bonchev–Trinajstić information content (AvgIpc) is 2.81. The summed E-state index contributed by atoms with van der Waals surface area (Å²) in [6, 6.07) is 12.9. The van der Waals surface area contributed by atoms with Crippen molar-refractivity contribution < 1.29 is 0 Å². The number of aromatic nitrogens is 1. The lowest BCUT2D eigenvalue weighted by Gasteiger charge is -2.19. The van der Waals surface area contributed by atoms with E-state index in [2.05, 4.69) is 46.3 Å². The van der Waals surface area contributed by atoms with E-state index in [9.17, 15) is 0 Å². The molecule has 2 heteroatoms. The van der Waals surface area contributed by atoms with Gasteiger partial charge in [-0.25, -0.2) is 0 Å². The molecule has 0 atom stereocenters. The second-order valence-corrected chi connectivity index (χ2v) is 4.47. The van der Waals surface area contributed by atoms with E-state index in [4.69, 9.17) is 0 Å². The van der Waals surface area contributed by atoms with Crippen LogP contribution in [0.1, 0.15) is 11.1 Å². The average molecular weight is 224 g/mol. The lowest BCUT2D eigenvalue weighted by atomic mass is 10.1. The van der Waals surface area contributed by atoms with E-state index < -0.39 is 0 Å². The molecule has 0 saturated carbocycles. The highest BCUT2D eigenvalue weighted by Crippen LogP contribution is 2.27. The number of hydrogen-bond acceptors (Lipinski definition) is 2. The number of para-hydroxylation sites is 1. The molecule has 0 spiro atoms. The molecule has 0 N–H and O–H groups in total. The third-order valence-electron chi connectivity index (χ3n) is 3.40. The van der Waals surface area contributed by atoms with Crippen molar-refractivity contribution in [2.24, 2.45) is 0 Å². The van der Waals surface area contributed by atoms with Crippen LogP contribution in [-0.4, -0.2) is 18.1 Å². The molecule has 17 heavy (non-hydrogen) atoms. The normalized spacial score (nSPS) is 13.8. The van der Waals surface area contributed by atoms with Gasteiger partial charge >= 0.3 is 0 Å². The van der Waals surface area contributed by atoms with E-state index in [0.717, 1.165) is 19.5 Å². The van der Waals surface area contributed by atoms with Gasteiger partial charge in [-0.3, -0.25) is 4.98 Å². The molecule has 0 fully saturated rings. The van der Waals surface area contributed by atoms with Crippen molar-refractivity contribution in [3.8, 4) is 0 Å². The Labute approximate surface area is 102 Å². The minimum atomic E-state index is 1.09. The zero-order chi connectivity index (χ0) is 11.5. The Morgan fingerprint density at radius 2 is 1.88 bits per heavy atom.